The van der Waals surface area contributed by atoms with E-state index in [9.17, 15) is 4.79 Å². The average Bonchev–Trinajstić information content (AvgIpc) is 2.54. The van der Waals surface area contributed by atoms with E-state index < -0.39 is 0 Å². The lowest BCUT2D eigenvalue weighted by Gasteiger charge is -2.27. The first kappa shape index (κ1) is 16.1. The van der Waals surface area contributed by atoms with Crippen molar-refractivity contribution in [1.82, 2.24) is 10.2 Å². The highest BCUT2D eigenvalue weighted by molar-refractivity contribution is 5.74. The fourth-order valence-electron chi connectivity index (χ4n) is 2.33. The maximum atomic E-state index is 12.4. The maximum absolute atomic E-state index is 12.4. The predicted molar refractivity (Wildman–Crippen MR) is 90.7 cm³/mol. The van der Waals surface area contributed by atoms with Crippen molar-refractivity contribution in [2.75, 3.05) is 6.54 Å². The molecule has 0 heterocycles. The Bertz CT molecular complexity index is 567. The third-order valence-electron chi connectivity index (χ3n) is 3.61. The highest BCUT2D eigenvalue weighted by Gasteiger charge is 2.16. The van der Waals surface area contributed by atoms with Gasteiger partial charge in [0.1, 0.15) is 0 Å². The molecular formula is C19H24N2O. The zero-order chi connectivity index (χ0) is 15.8. The molecule has 2 amide bonds. The molecule has 2 rings (SSSR count). The van der Waals surface area contributed by atoms with Crippen molar-refractivity contribution in [3.8, 4) is 0 Å². The molecule has 3 nitrogen and oxygen atoms in total. The molecule has 0 aliphatic heterocycles. The van der Waals surface area contributed by atoms with Crippen LogP contribution in [0.4, 0.5) is 4.79 Å². The first-order valence-corrected chi connectivity index (χ1v) is 7.79. The van der Waals surface area contributed by atoms with Crippen LogP contribution in [0, 0.1) is 0 Å². The van der Waals surface area contributed by atoms with Gasteiger partial charge >= 0.3 is 6.03 Å². The van der Waals surface area contributed by atoms with Gasteiger partial charge in [0.25, 0.3) is 0 Å². The van der Waals surface area contributed by atoms with E-state index in [1.54, 1.807) is 0 Å². The largest absolute Gasteiger partial charge is 0.338 e. The van der Waals surface area contributed by atoms with Crippen LogP contribution in [0.25, 0.3) is 0 Å². The molecular weight excluding hydrogens is 272 g/mol. The Morgan fingerprint density at radius 2 is 1.50 bits per heavy atom. The van der Waals surface area contributed by atoms with E-state index in [1.807, 2.05) is 67.3 Å². The number of hydrogen-bond donors (Lipinski definition) is 1. The molecule has 3 heteroatoms. The highest BCUT2D eigenvalue weighted by Crippen LogP contribution is 2.08. The number of urea groups is 1. The van der Waals surface area contributed by atoms with Crippen LogP contribution in [0.2, 0.25) is 0 Å². The molecule has 0 atom stereocenters. The molecule has 0 saturated heterocycles. The smallest absolute Gasteiger partial charge is 0.317 e. The molecule has 0 radical (unpaired) electrons. The number of nitrogens with one attached hydrogen (secondary N) is 1. The van der Waals surface area contributed by atoms with Crippen molar-refractivity contribution in [2.24, 2.45) is 0 Å². The van der Waals surface area contributed by atoms with E-state index in [0.717, 1.165) is 12.0 Å². The first-order valence-electron chi connectivity index (χ1n) is 7.79. The topological polar surface area (TPSA) is 32.3 Å². The van der Waals surface area contributed by atoms with Gasteiger partial charge in [-0.3, -0.25) is 0 Å². The summed E-state index contributed by atoms with van der Waals surface area (Å²) in [4.78, 5) is 14.3. The number of nitrogens with zero attached hydrogens (tertiary/aromatic N) is 1. The zero-order valence-corrected chi connectivity index (χ0v) is 13.3. The molecule has 0 saturated carbocycles. The molecule has 2 aromatic carbocycles. The Morgan fingerprint density at radius 3 is 2.05 bits per heavy atom. The Hall–Kier alpha value is -2.29. The van der Waals surface area contributed by atoms with Gasteiger partial charge in [-0.25, -0.2) is 4.79 Å². The summed E-state index contributed by atoms with van der Waals surface area (Å²) in [7, 11) is 0. The molecule has 0 fully saturated rings. The van der Waals surface area contributed by atoms with E-state index in [0.29, 0.717) is 13.1 Å². The summed E-state index contributed by atoms with van der Waals surface area (Å²) >= 11 is 0. The van der Waals surface area contributed by atoms with Gasteiger partial charge in [0.2, 0.25) is 0 Å². The van der Waals surface area contributed by atoms with Crippen LogP contribution in [0.3, 0.4) is 0 Å². The van der Waals surface area contributed by atoms with Crippen molar-refractivity contribution >= 4 is 6.03 Å². The Labute approximate surface area is 133 Å². The molecule has 2 aromatic rings. The minimum Gasteiger partial charge on any atom is -0.338 e. The average molecular weight is 296 g/mol. The van der Waals surface area contributed by atoms with E-state index >= 15 is 0 Å². The van der Waals surface area contributed by atoms with Crippen LogP contribution in [-0.2, 0) is 13.0 Å². The van der Waals surface area contributed by atoms with Crippen LogP contribution < -0.4 is 5.32 Å². The molecule has 1 N–H and O–H groups in total. The van der Waals surface area contributed by atoms with Gasteiger partial charge in [0, 0.05) is 19.1 Å². The van der Waals surface area contributed by atoms with E-state index in [2.05, 4.69) is 17.4 Å². The third-order valence-corrected chi connectivity index (χ3v) is 3.61. The maximum Gasteiger partial charge on any atom is 0.317 e. The summed E-state index contributed by atoms with van der Waals surface area (Å²) in [6, 6.07) is 20.5. The lowest BCUT2D eigenvalue weighted by molar-refractivity contribution is 0.180. The molecule has 0 aromatic heterocycles. The SMILES string of the molecule is CC(C)N(Cc1ccccc1)C(=O)NCCc1ccccc1. The quantitative estimate of drug-likeness (QED) is 0.863. The zero-order valence-electron chi connectivity index (χ0n) is 13.3. The van der Waals surface area contributed by atoms with Crippen molar-refractivity contribution in [3.63, 3.8) is 0 Å². The number of amides is 2. The van der Waals surface area contributed by atoms with Crippen LogP contribution in [-0.4, -0.2) is 23.5 Å². The second kappa shape index (κ2) is 8.23. The van der Waals surface area contributed by atoms with Gasteiger partial charge < -0.3 is 10.2 Å². The van der Waals surface area contributed by atoms with Crippen LogP contribution >= 0.6 is 0 Å². The monoisotopic (exact) mass is 296 g/mol. The van der Waals surface area contributed by atoms with Crippen molar-refractivity contribution in [3.05, 3.63) is 71.8 Å². The Balaban J connectivity index is 1.87. The summed E-state index contributed by atoms with van der Waals surface area (Å²) in [5, 5.41) is 3.02. The van der Waals surface area contributed by atoms with E-state index in [1.165, 1.54) is 5.56 Å². The van der Waals surface area contributed by atoms with E-state index in [-0.39, 0.29) is 12.1 Å². The van der Waals surface area contributed by atoms with Gasteiger partial charge in [-0.15, -0.1) is 0 Å². The van der Waals surface area contributed by atoms with Crippen LogP contribution in [0.15, 0.2) is 60.7 Å². The summed E-state index contributed by atoms with van der Waals surface area (Å²) in [5.74, 6) is 0. The van der Waals surface area contributed by atoms with Crippen LogP contribution in [0.5, 0.6) is 0 Å². The fourth-order valence-corrected chi connectivity index (χ4v) is 2.33. The second-order valence-corrected chi connectivity index (χ2v) is 5.67. The number of carbonyl (C=O) groups is 1. The van der Waals surface area contributed by atoms with Gasteiger partial charge in [-0.1, -0.05) is 60.7 Å². The summed E-state index contributed by atoms with van der Waals surface area (Å²) < 4.78 is 0. The number of hydrogen-bond acceptors (Lipinski definition) is 1. The number of rotatable bonds is 6. The molecule has 0 spiro atoms. The predicted octanol–water partition coefficient (Wildman–Crippen LogP) is 3.85. The van der Waals surface area contributed by atoms with Crippen molar-refractivity contribution < 1.29 is 4.79 Å². The fraction of sp³-hybridized carbons (Fsp3) is 0.316. The Morgan fingerprint density at radius 1 is 0.955 bits per heavy atom. The summed E-state index contributed by atoms with van der Waals surface area (Å²) in [5.41, 5.74) is 2.39. The molecule has 0 unspecified atom stereocenters. The lowest BCUT2D eigenvalue weighted by Crippen LogP contribution is -2.44. The standard InChI is InChI=1S/C19H24N2O/c1-16(2)21(15-18-11-7-4-8-12-18)19(22)20-14-13-17-9-5-3-6-10-17/h3-12,16H,13-15H2,1-2H3,(H,20,22). The number of benzene rings is 2. The Kier molecular flexibility index (Phi) is 6.01. The van der Waals surface area contributed by atoms with Crippen molar-refractivity contribution in [1.29, 1.82) is 0 Å². The lowest BCUT2D eigenvalue weighted by atomic mass is 10.1. The minimum atomic E-state index is -0.00483. The number of carbonyl (C=O) groups excluding carboxylic acids is 1. The normalized spacial score (nSPS) is 10.5. The second-order valence-electron chi connectivity index (χ2n) is 5.67. The third kappa shape index (κ3) is 4.92. The highest BCUT2D eigenvalue weighted by atomic mass is 16.2. The molecule has 0 aliphatic rings. The minimum absolute atomic E-state index is 0.00483. The van der Waals surface area contributed by atoms with Gasteiger partial charge in [0.15, 0.2) is 0 Å². The first-order chi connectivity index (χ1) is 10.7. The molecule has 0 aliphatic carbocycles. The summed E-state index contributed by atoms with van der Waals surface area (Å²) in [6.07, 6.45) is 0.851. The molecule has 22 heavy (non-hydrogen) atoms. The van der Waals surface area contributed by atoms with Gasteiger partial charge in [0.05, 0.1) is 0 Å². The van der Waals surface area contributed by atoms with Gasteiger partial charge in [-0.05, 0) is 31.4 Å². The summed E-state index contributed by atoms with van der Waals surface area (Å²) in [6.45, 7) is 5.37. The van der Waals surface area contributed by atoms with Crippen molar-refractivity contribution in [2.45, 2.75) is 32.9 Å². The van der Waals surface area contributed by atoms with E-state index in [4.69, 9.17) is 0 Å². The van der Waals surface area contributed by atoms with Gasteiger partial charge in [-0.2, -0.15) is 0 Å². The van der Waals surface area contributed by atoms with Crippen LogP contribution in [0.1, 0.15) is 25.0 Å². The molecule has 116 valence electrons. The molecule has 0 bridgehead atoms.